The molecular formula is C7H12. The van der Waals surface area contributed by atoms with Gasteiger partial charge in [0.2, 0.25) is 0 Å². The second kappa shape index (κ2) is 3.91. The van der Waals surface area contributed by atoms with Gasteiger partial charge in [0, 0.05) is 0 Å². The summed E-state index contributed by atoms with van der Waals surface area (Å²) in [5.74, 6) is 0.441. The van der Waals surface area contributed by atoms with Gasteiger partial charge in [-0.1, -0.05) is 26.0 Å². The van der Waals surface area contributed by atoms with Crippen LogP contribution in [-0.2, 0) is 0 Å². The summed E-state index contributed by atoms with van der Waals surface area (Å²) in [5.41, 5.74) is 0. The van der Waals surface area contributed by atoms with Crippen LogP contribution in [0.2, 0.25) is 0 Å². The van der Waals surface area contributed by atoms with Gasteiger partial charge >= 0.3 is 0 Å². The first-order chi connectivity index (χ1) is 3.27. The van der Waals surface area contributed by atoms with Gasteiger partial charge in [0.25, 0.3) is 0 Å². The highest BCUT2D eigenvalue weighted by Crippen LogP contribution is 1.92. The number of hydrogen-bond donors (Lipinski definition) is 0. The molecule has 0 bridgehead atoms. The SMILES string of the molecule is [CH2]C(C)/C=C/[CH]C. The van der Waals surface area contributed by atoms with Crippen molar-refractivity contribution in [2.45, 2.75) is 13.8 Å². The number of allylic oxidation sites excluding steroid dienone is 2. The maximum Gasteiger partial charge on any atom is -0.0201 e. The lowest BCUT2D eigenvalue weighted by molar-refractivity contribution is 0.934. The van der Waals surface area contributed by atoms with Gasteiger partial charge < -0.3 is 0 Å². The summed E-state index contributed by atoms with van der Waals surface area (Å²) >= 11 is 0. The molecule has 0 aromatic heterocycles. The molecule has 7 heavy (non-hydrogen) atoms. The number of hydrogen-bond acceptors (Lipinski definition) is 0. The molecule has 0 amide bonds. The highest BCUT2D eigenvalue weighted by molar-refractivity contribution is 4.94. The van der Waals surface area contributed by atoms with Gasteiger partial charge in [-0.25, -0.2) is 0 Å². The third-order valence-corrected chi connectivity index (χ3v) is 0.632. The highest BCUT2D eigenvalue weighted by atomic mass is 13.8. The molecule has 0 aliphatic carbocycles. The Kier molecular flexibility index (Phi) is 3.77. The first kappa shape index (κ1) is 6.74. The Morgan fingerprint density at radius 1 is 1.57 bits per heavy atom. The van der Waals surface area contributed by atoms with Crippen molar-refractivity contribution in [1.82, 2.24) is 0 Å². The predicted molar refractivity (Wildman–Crippen MR) is 33.6 cm³/mol. The average Bonchev–Trinajstić information content (AvgIpc) is 1.61. The highest BCUT2D eigenvalue weighted by Gasteiger charge is 1.78. The number of rotatable bonds is 2. The molecule has 0 N–H and O–H groups in total. The molecule has 0 aromatic carbocycles. The summed E-state index contributed by atoms with van der Waals surface area (Å²) in [7, 11) is 0. The van der Waals surface area contributed by atoms with Gasteiger partial charge in [0.1, 0.15) is 0 Å². The summed E-state index contributed by atoms with van der Waals surface area (Å²) in [6.07, 6.45) is 6.07. The van der Waals surface area contributed by atoms with E-state index in [9.17, 15) is 0 Å². The van der Waals surface area contributed by atoms with Crippen molar-refractivity contribution >= 4 is 0 Å². The zero-order valence-electron chi connectivity index (χ0n) is 5.02. The lowest BCUT2D eigenvalue weighted by Gasteiger charge is -1.88. The van der Waals surface area contributed by atoms with Crippen LogP contribution in [0.15, 0.2) is 12.2 Å². The zero-order chi connectivity index (χ0) is 5.70. The molecule has 0 aromatic rings. The van der Waals surface area contributed by atoms with Crippen molar-refractivity contribution in [2.24, 2.45) is 5.92 Å². The van der Waals surface area contributed by atoms with E-state index in [4.69, 9.17) is 0 Å². The molecule has 0 heteroatoms. The van der Waals surface area contributed by atoms with E-state index in [-0.39, 0.29) is 0 Å². The fraction of sp³-hybridized carbons (Fsp3) is 0.429. The Hall–Kier alpha value is -0.260. The van der Waals surface area contributed by atoms with Gasteiger partial charge in [-0.2, -0.15) is 0 Å². The van der Waals surface area contributed by atoms with Crippen molar-refractivity contribution in [3.05, 3.63) is 25.5 Å². The Labute approximate surface area is 46.2 Å². The fourth-order valence-electron chi connectivity index (χ4n) is 0.301. The van der Waals surface area contributed by atoms with Gasteiger partial charge in [0.15, 0.2) is 0 Å². The molecule has 0 spiro atoms. The standard InChI is InChI=1S/C7H12/c1-4-5-6-7(2)3/h4-7H,2H2,1,3H3/b6-5+. The van der Waals surface area contributed by atoms with E-state index < -0.39 is 0 Å². The fourth-order valence-corrected chi connectivity index (χ4v) is 0.301. The van der Waals surface area contributed by atoms with Crippen LogP contribution in [0.25, 0.3) is 0 Å². The Morgan fingerprint density at radius 2 is 2.14 bits per heavy atom. The molecule has 0 saturated heterocycles. The van der Waals surface area contributed by atoms with Crippen molar-refractivity contribution < 1.29 is 0 Å². The van der Waals surface area contributed by atoms with Crippen molar-refractivity contribution in [2.75, 3.05) is 0 Å². The lowest BCUT2D eigenvalue weighted by Crippen LogP contribution is -1.75. The Bertz CT molecular complexity index is 51.1. The Morgan fingerprint density at radius 3 is 2.29 bits per heavy atom. The van der Waals surface area contributed by atoms with E-state index in [1.807, 2.05) is 19.4 Å². The largest absolute Gasteiger partial charge is 0.0854 e. The van der Waals surface area contributed by atoms with E-state index in [2.05, 4.69) is 19.9 Å². The predicted octanol–water partition coefficient (Wildman–Crippen LogP) is 2.24. The van der Waals surface area contributed by atoms with Crippen molar-refractivity contribution in [3.8, 4) is 0 Å². The van der Waals surface area contributed by atoms with Gasteiger partial charge in [-0.15, -0.1) is 0 Å². The minimum absolute atomic E-state index is 0.441. The lowest BCUT2D eigenvalue weighted by atomic mass is 10.2. The molecule has 0 aliphatic heterocycles. The molecule has 0 heterocycles. The van der Waals surface area contributed by atoms with Crippen molar-refractivity contribution in [1.29, 1.82) is 0 Å². The van der Waals surface area contributed by atoms with Gasteiger partial charge in [0.05, 0.1) is 0 Å². The summed E-state index contributed by atoms with van der Waals surface area (Å²) in [6.45, 7) is 7.82. The van der Waals surface area contributed by atoms with Gasteiger partial charge in [-0.05, 0) is 19.3 Å². The Balaban J connectivity index is 3.08. The minimum atomic E-state index is 0.441. The van der Waals surface area contributed by atoms with Gasteiger partial charge in [-0.3, -0.25) is 0 Å². The maximum atomic E-state index is 3.77. The van der Waals surface area contributed by atoms with Crippen LogP contribution in [0.5, 0.6) is 0 Å². The van der Waals surface area contributed by atoms with E-state index >= 15 is 0 Å². The van der Waals surface area contributed by atoms with E-state index in [1.54, 1.807) is 0 Å². The van der Waals surface area contributed by atoms with Crippen LogP contribution < -0.4 is 0 Å². The van der Waals surface area contributed by atoms with Crippen LogP contribution in [0.4, 0.5) is 0 Å². The second-order valence-electron chi connectivity index (χ2n) is 1.70. The molecule has 40 valence electrons. The van der Waals surface area contributed by atoms with Crippen LogP contribution in [0, 0.1) is 19.3 Å². The van der Waals surface area contributed by atoms with E-state index in [0.29, 0.717) is 5.92 Å². The molecule has 0 aliphatic rings. The summed E-state index contributed by atoms with van der Waals surface area (Å²) < 4.78 is 0. The normalized spacial score (nSPS) is 11.4. The zero-order valence-corrected chi connectivity index (χ0v) is 5.02. The first-order valence-electron chi connectivity index (χ1n) is 2.56. The van der Waals surface area contributed by atoms with Crippen molar-refractivity contribution in [3.63, 3.8) is 0 Å². The second-order valence-corrected chi connectivity index (χ2v) is 1.70. The molecule has 0 nitrogen and oxygen atoms in total. The molecule has 0 rings (SSSR count). The molecule has 2 radical (unpaired) electrons. The first-order valence-corrected chi connectivity index (χ1v) is 2.56. The van der Waals surface area contributed by atoms with Crippen LogP contribution in [0.1, 0.15) is 13.8 Å². The average molecular weight is 96.2 g/mol. The smallest absolute Gasteiger partial charge is 0.0201 e. The quantitative estimate of drug-likeness (QED) is 0.494. The monoisotopic (exact) mass is 96.1 g/mol. The molecule has 1 atom stereocenters. The maximum absolute atomic E-state index is 3.77. The van der Waals surface area contributed by atoms with E-state index in [1.165, 1.54) is 0 Å². The molecule has 0 saturated carbocycles. The van der Waals surface area contributed by atoms with E-state index in [0.717, 1.165) is 0 Å². The third kappa shape index (κ3) is 5.74. The molecular weight excluding hydrogens is 84.1 g/mol. The topological polar surface area (TPSA) is 0 Å². The van der Waals surface area contributed by atoms with Crippen LogP contribution >= 0.6 is 0 Å². The summed E-state index contributed by atoms with van der Waals surface area (Å²) in [6, 6.07) is 0. The third-order valence-electron chi connectivity index (χ3n) is 0.632. The summed E-state index contributed by atoms with van der Waals surface area (Å²) in [4.78, 5) is 0. The molecule has 1 unspecified atom stereocenters. The van der Waals surface area contributed by atoms with Crippen LogP contribution in [0.3, 0.4) is 0 Å². The summed E-state index contributed by atoms with van der Waals surface area (Å²) in [5, 5.41) is 0. The minimum Gasteiger partial charge on any atom is -0.0854 e. The molecule has 0 fully saturated rings. The van der Waals surface area contributed by atoms with Crippen LogP contribution in [-0.4, -0.2) is 0 Å².